The molecule has 2 atom stereocenters. The summed E-state index contributed by atoms with van der Waals surface area (Å²) in [5.74, 6) is -1.96. The molecule has 2 aromatic carbocycles. The molecule has 1 amide bonds. The molecule has 11 nitrogen and oxygen atoms in total. The standard InChI is InChI=1S/C46H61N3O8/c1-10-11-17-36(40(51)24-21-34-19-22-38(55-9)23-20-34)26-37(50)27-49-28-41(47-31-49)48-44(54)39(30-56-29-35-15-13-12-14-16-35)33(3)43(53)46(7,8)32(2)18-25-42(52)57-45(4,5)6/h12-16,19-20,22-23,28,31,36,39H,2-3,10-11,17-18,21,24-27,29-30H2,1,4-9H3,(H,48,54)/t36-,39+/m1/s1. The lowest BCUT2D eigenvalue weighted by Crippen LogP contribution is -2.36. The number of aromatic nitrogens is 2. The van der Waals surface area contributed by atoms with E-state index in [-0.39, 0.29) is 67.9 Å². The van der Waals surface area contributed by atoms with Gasteiger partial charge in [0.05, 0.1) is 39.1 Å². The first-order valence-corrected chi connectivity index (χ1v) is 19.7. The van der Waals surface area contributed by atoms with Crippen molar-refractivity contribution >= 4 is 35.0 Å². The van der Waals surface area contributed by atoms with Crippen LogP contribution < -0.4 is 10.1 Å². The van der Waals surface area contributed by atoms with E-state index >= 15 is 0 Å². The van der Waals surface area contributed by atoms with Crippen LogP contribution in [-0.4, -0.2) is 58.1 Å². The topological polar surface area (TPSA) is 143 Å². The summed E-state index contributed by atoms with van der Waals surface area (Å²) in [7, 11) is 1.61. The van der Waals surface area contributed by atoms with E-state index in [1.165, 1.54) is 12.5 Å². The molecule has 3 aromatic rings. The number of carbonyl (C=O) groups excluding carboxylic acids is 5. The maximum Gasteiger partial charge on any atom is 0.306 e. The van der Waals surface area contributed by atoms with Crippen molar-refractivity contribution in [2.45, 2.75) is 112 Å². The van der Waals surface area contributed by atoms with Crippen molar-refractivity contribution in [2.75, 3.05) is 19.0 Å². The lowest BCUT2D eigenvalue weighted by atomic mass is 9.74. The number of nitrogens with zero attached hydrogens (tertiary/aromatic N) is 2. The number of unbranched alkanes of at least 4 members (excludes halogenated alkanes) is 1. The molecule has 0 aliphatic carbocycles. The van der Waals surface area contributed by atoms with Gasteiger partial charge in [-0.25, -0.2) is 4.98 Å². The minimum atomic E-state index is -1.15. The highest BCUT2D eigenvalue weighted by Crippen LogP contribution is 2.34. The predicted molar refractivity (Wildman–Crippen MR) is 222 cm³/mol. The summed E-state index contributed by atoms with van der Waals surface area (Å²) in [5, 5.41) is 2.77. The number of carbonyl (C=O) groups is 5. The van der Waals surface area contributed by atoms with Gasteiger partial charge in [-0.3, -0.25) is 24.0 Å². The number of hydrogen-bond donors (Lipinski definition) is 1. The Bertz CT molecular complexity index is 1840. The second-order valence-corrected chi connectivity index (χ2v) is 16.0. The highest BCUT2D eigenvalue weighted by Gasteiger charge is 2.37. The monoisotopic (exact) mass is 783 g/mol. The Morgan fingerprint density at radius 1 is 0.895 bits per heavy atom. The highest BCUT2D eigenvalue weighted by atomic mass is 16.6. The maximum atomic E-state index is 14.0. The second-order valence-electron chi connectivity index (χ2n) is 16.0. The SMILES string of the molecule is C=C(C(=O)C(C)(C)C(=C)CCC(=O)OC(C)(C)C)[C@H](COCc1ccccc1)C(=O)Nc1cn(CC(=O)C[C@@H](CCCC)C(=O)CCc2ccc(OC)cc2)cn1. The van der Waals surface area contributed by atoms with Gasteiger partial charge < -0.3 is 24.1 Å². The van der Waals surface area contributed by atoms with E-state index in [1.807, 2.05) is 54.6 Å². The molecule has 308 valence electrons. The number of methoxy groups -OCH3 is 1. The molecule has 0 radical (unpaired) electrons. The van der Waals surface area contributed by atoms with Crippen molar-refractivity contribution in [1.82, 2.24) is 9.55 Å². The number of esters is 1. The Balaban J connectivity index is 1.67. The van der Waals surface area contributed by atoms with E-state index in [0.717, 1.165) is 29.7 Å². The number of allylic oxidation sites excluding steroid dienone is 1. The number of nitrogens with one attached hydrogen (secondary N) is 1. The molecule has 0 fully saturated rings. The van der Waals surface area contributed by atoms with Crippen LogP contribution in [0.1, 0.15) is 97.6 Å². The number of hydrogen-bond acceptors (Lipinski definition) is 9. The summed E-state index contributed by atoms with van der Waals surface area (Å²) in [6, 6.07) is 17.1. The normalized spacial score (nSPS) is 12.6. The number of amides is 1. The summed E-state index contributed by atoms with van der Waals surface area (Å²) in [6.07, 6.45) is 6.69. The van der Waals surface area contributed by atoms with Gasteiger partial charge in [-0.15, -0.1) is 0 Å². The summed E-state index contributed by atoms with van der Waals surface area (Å²) in [4.78, 5) is 71.0. The number of rotatable bonds is 25. The largest absolute Gasteiger partial charge is 0.497 e. The van der Waals surface area contributed by atoms with Crippen LogP contribution in [0.2, 0.25) is 0 Å². The fourth-order valence-corrected chi connectivity index (χ4v) is 6.24. The van der Waals surface area contributed by atoms with Crippen molar-refractivity contribution in [2.24, 2.45) is 17.3 Å². The van der Waals surface area contributed by atoms with E-state index in [1.54, 1.807) is 46.3 Å². The molecule has 0 spiro atoms. The fourth-order valence-electron chi connectivity index (χ4n) is 6.24. The molecule has 1 aromatic heterocycles. The van der Waals surface area contributed by atoms with Crippen molar-refractivity contribution in [1.29, 1.82) is 0 Å². The van der Waals surface area contributed by atoms with Gasteiger partial charge in [-0.1, -0.05) is 81.0 Å². The smallest absolute Gasteiger partial charge is 0.306 e. The zero-order valence-electron chi connectivity index (χ0n) is 34.9. The molecule has 0 aliphatic heterocycles. The Morgan fingerprint density at radius 2 is 1.58 bits per heavy atom. The van der Waals surface area contributed by atoms with Gasteiger partial charge in [-0.2, -0.15) is 0 Å². The summed E-state index contributed by atoms with van der Waals surface area (Å²) in [5.41, 5.74) is 0.659. The number of imidazole rings is 1. The third-order valence-corrected chi connectivity index (χ3v) is 9.83. The minimum absolute atomic E-state index is 0.0216. The maximum absolute atomic E-state index is 14.0. The lowest BCUT2D eigenvalue weighted by molar-refractivity contribution is -0.154. The average molecular weight is 784 g/mol. The van der Waals surface area contributed by atoms with E-state index in [9.17, 15) is 24.0 Å². The van der Waals surface area contributed by atoms with Gasteiger partial charge in [0.25, 0.3) is 0 Å². The molecular weight excluding hydrogens is 723 g/mol. The number of aryl methyl sites for hydroxylation is 1. The number of ether oxygens (including phenoxy) is 3. The van der Waals surface area contributed by atoms with E-state index < -0.39 is 34.6 Å². The van der Waals surface area contributed by atoms with E-state index in [2.05, 4.69) is 30.4 Å². The molecule has 1 N–H and O–H groups in total. The second kappa shape index (κ2) is 22.0. The molecule has 0 saturated heterocycles. The van der Waals surface area contributed by atoms with Gasteiger partial charge in [0.15, 0.2) is 17.4 Å². The highest BCUT2D eigenvalue weighted by molar-refractivity contribution is 6.07. The Morgan fingerprint density at radius 3 is 2.21 bits per heavy atom. The van der Waals surface area contributed by atoms with Crippen molar-refractivity contribution in [3.63, 3.8) is 0 Å². The number of anilines is 1. The molecule has 0 saturated carbocycles. The van der Waals surface area contributed by atoms with Gasteiger partial charge in [-0.05, 0) is 77.1 Å². The molecule has 11 heteroatoms. The van der Waals surface area contributed by atoms with Gasteiger partial charge >= 0.3 is 5.97 Å². The third-order valence-electron chi connectivity index (χ3n) is 9.83. The van der Waals surface area contributed by atoms with Crippen molar-refractivity contribution in [3.05, 3.63) is 103 Å². The van der Waals surface area contributed by atoms with Crippen molar-refractivity contribution in [3.8, 4) is 5.75 Å². The first-order valence-electron chi connectivity index (χ1n) is 19.7. The molecule has 0 bridgehead atoms. The Kier molecular flexibility index (Phi) is 17.8. The summed E-state index contributed by atoms with van der Waals surface area (Å²) >= 11 is 0. The Labute approximate surface area is 338 Å². The van der Waals surface area contributed by atoms with E-state index in [0.29, 0.717) is 24.8 Å². The molecular formula is C46H61N3O8. The summed E-state index contributed by atoms with van der Waals surface area (Å²) < 4.78 is 18.1. The molecule has 0 aliphatic rings. The zero-order valence-corrected chi connectivity index (χ0v) is 34.9. The number of ketones is 3. The van der Waals surface area contributed by atoms with Crippen molar-refractivity contribution < 1.29 is 38.2 Å². The van der Waals surface area contributed by atoms with Crippen LogP contribution in [0.15, 0.2) is 91.4 Å². The van der Waals surface area contributed by atoms with Crippen LogP contribution in [0.25, 0.3) is 0 Å². The van der Waals surface area contributed by atoms with Gasteiger partial charge in [0.1, 0.15) is 17.1 Å². The van der Waals surface area contributed by atoms with Crippen LogP contribution in [-0.2, 0) is 53.0 Å². The minimum Gasteiger partial charge on any atom is -0.497 e. The number of benzene rings is 2. The van der Waals surface area contributed by atoms with Crippen LogP contribution in [0, 0.1) is 17.3 Å². The predicted octanol–water partition coefficient (Wildman–Crippen LogP) is 8.46. The third kappa shape index (κ3) is 15.4. The van der Waals surface area contributed by atoms with Gasteiger partial charge in [0, 0.05) is 42.4 Å². The molecule has 1 heterocycles. The van der Waals surface area contributed by atoms with Crippen LogP contribution in [0.3, 0.4) is 0 Å². The first kappa shape index (κ1) is 46.2. The van der Waals surface area contributed by atoms with E-state index in [4.69, 9.17) is 14.2 Å². The summed E-state index contributed by atoms with van der Waals surface area (Å²) in [6.45, 7) is 19.0. The lowest BCUT2D eigenvalue weighted by Gasteiger charge is -2.29. The van der Waals surface area contributed by atoms with Crippen LogP contribution >= 0.6 is 0 Å². The average Bonchev–Trinajstić information content (AvgIpc) is 3.61. The van der Waals surface area contributed by atoms with Gasteiger partial charge in [0.2, 0.25) is 5.91 Å². The van der Waals surface area contributed by atoms with Crippen LogP contribution in [0.5, 0.6) is 5.75 Å². The zero-order chi connectivity index (χ0) is 42.2. The Hall–Kier alpha value is -5.16. The fraction of sp³-hybridized carbons (Fsp3) is 0.478. The molecule has 57 heavy (non-hydrogen) atoms. The molecule has 3 rings (SSSR count). The molecule has 0 unspecified atom stereocenters. The van der Waals surface area contributed by atoms with Crippen LogP contribution in [0.4, 0.5) is 5.82 Å². The first-order chi connectivity index (χ1) is 26.9. The number of Topliss-reactive ketones (excluding diaryl/α,β-unsaturated/α-hetero) is 3. The quantitative estimate of drug-likeness (QED) is 0.0509.